The third-order valence-electron chi connectivity index (χ3n) is 2.19. The molecule has 1 aromatic carbocycles. The van der Waals surface area contributed by atoms with Gasteiger partial charge in [0.15, 0.2) is 0 Å². The van der Waals surface area contributed by atoms with Gasteiger partial charge in [0, 0.05) is 10.9 Å². The van der Waals surface area contributed by atoms with E-state index in [-0.39, 0.29) is 6.61 Å². The molecule has 14 heavy (non-hydrogen) atoms. The Morgan fingerprint density at radius 3 is 2.93 bits per heavy atom. The highest BCUT2D eigenvalue weighted by molar-refractivity contribution is 5.81. The average molecular weight is 195 g/mol. The first-order valence-electron chi connectivity index (χ1n) is 4.26. The van der Waals surface area contributed by atoms with Gasteiger partial charge >= 0.3 is 0 Å². The molecule has 2 rings (SSSR count). The molecule has 0 amide bonds. The summed E-state index contributed by atoms with van der Waals surface area (Å²) in [5.74, 6) is -0.416. The van der Waals surface area contributed by atoms with Crippen molar-refractivity contribution in [2.24, 2.45) is 5.73 Å². The monoisotopic (exact) mass is 195 g/mol. The lowest BCUT2D eigenvalue weighted by Crippen LogP contribution is -2.16. The van der Waals surface area contributed by atoms with Crippen molar-refractivity contribution in [1.82, 2.24) is 0 Å². The molecule has 0 aliphatic heterocycles. The second-order valence-corrected chi connectivity index (χ2v) is 3.08. The van der Waals surface area contributed by atoms with Gasteiger partial charge in [0.1, 0.15) is 11.4 Å². The van der Waals surface area contributed by atoms with Crippen molar-refractivity contribution in [1.29, 1.82) is 0 Å². The third kappa shape index (κ3) is 1.29. The number of aliphatic hydroxyl groups excluding tert-OH is 1. The number of halogens is 1. The van der Waals surface area contributed by atoms with E-state index in [1.165, 1.54) is 18.4 Å². The molecule has 0 aliphatic rings. The Kier molecular flexibility index (Phi) is 2.23. The predicted octanol–water partition coefficient (Wildman–Crippen LogP) is 1.56. The first kappa shape index (κ1) is 9.18. The van der Waals surface area contributed by atoms with Gasteiger partial charge in [-0.1, -0.05) is 0 Å². The zero-order chi connectivity index (χ0) is 10.1. The van der Waals surface area contributed by atoms with E-state index in [1.807, 2.05) is 0 Å². The fourth-order valence-electron chi connectivity index (χ4n) is 1.51. The zero-order valence-electron chi connectivity index (χ0n) is 7.40. The van der Waals surface area contributed by atoms with Crippen LogP contribution < -0.4 is 5.73 Å². The second kappa shape index (κ2) is 3.40. The lowest BCUT2D eigenvalue weighted by molar-refractivity contribution is 0.266. The Hall–Kier alpha value is -1.39. The van der Waals surface area contributed by atoms with E-state index in [2.05, 4.69) is 0 Å². The third-order valence-corrected chi connectivity index (χ3v) is 2.19. The largest absolute Gasteiger partial charge is 0.464 e. The van der Waals surface area contributed by atoms with Crippen molar-refractivity contribution >= 4 is 11.0 Å². The molecule has 3 N–H and O–H groups in total. The molecule has 0 fully saturated rings. The molecular weight excluding hydrogens is 185 g/mol. The standard InChI is InChI=1S/C10H10FNO2/c11-7-1-2-9-6(3-4-14-9)10(7)8(12)5-13/h1-4,8,13H,5,12H2. The molecule has 74 valence electrons. The van der Waals surface area contributed by atoms with Crippen LogP contribution in [0.3, 0.4) is 0 Å². The quantitative estimate of drug-likeness (QED) is 0.764. The number of furan rings is 1. The molecule has 0 radical (unpaired) electrons. The maximum atomic E-state index is 13.4. The Morgan fingerprint density at radius 1 is 1.43 bits per heavy atom. The molecular formula is C10H10FNO2. The van der Waals surface area contributed by atoms with Crippen molar-refractivity contribution in [2.45, 2.75) is 6.04 Å². The maximum absolute atomic E-state index is 13.4. The maximum Gasteiger partial charge on any atom is 0.134 e. The first-order valence-corrected chi connectivity index (χ1v) is 4.26. The lowest BCUT2D eigenvalue weighted by atomic mass is 10.0. The summed E-state index contributed by atoms with van der Waals surface area (Å²) in [4.78, 5) is 0. The summed E-state index contributed by atoms with van der Waals surface area (Å²) in [6, 6.07) is 3.76. The number of nitrogens with two attached hydrogens (primary N) is 1. The number of rotatable bonds is 2. The lowest BCUT2D eigenvalue weighted by Gasteiger charge is -2.10. The van der Waals surface area contributed by atoms with Crippen molar-refractivity contribution in [3.8, 4) is 0 Å². The highest BCUT2D eigenvalue weighted by atomic mass is 19.1. The summed E-state index contributed by atoms with van der Waals surface area (Å²) < 4.78 is 18.5. The molecule has 4 heteroatoms. The number of benzene rings is 1. The van der Waals surface area contributed by atoms with Crippen molar-refractivity contribution in [3.63, 3.8) is 0 Å². The first-order chi connectivity index (χ1) is 6.74. The molecule has 1 unspecified atom stereocenters. The molecule has 0 bridgehead atoms. The van der Waals surface area contributed by atoms with Crippen LogP contribution in [-0.4, -0.2) is 11.7 Å². The van der Waals surface area contributed by atoms with E-state index < -0.39 is 11.9 Å². The van der Waals surface area contributed by atoms with Gasteiger partial charge in [-0.15, -0.1) is 0 Å². The highest BCUT2D eigenvalue weighted by Crippen LogP contribution is 2.26. The SMILES string of the molecule is NC(CO)c1c(F)ccc2occc12. The fraction of sp³-hybridized carbons (Fsp3) is 0.200. The van der Waals surface area contributed by atoms with Crippen LogP contribution in [-0.2, 0) is 0 Å². The van der Waals surface area contributed by atoms with Gasteiger partial charge in [0.2, 0.25) is 0 Å². The number of hydrogen-bond acceptors (Lipinski definition) is 3. The highest BCUT2D eigenvalue weighted by Gasteiger charge is 2.15. The minimum absolute atomic E-state index is 0.290. The van der Waals surface area contributed by atoms with Gasteiger partial charge in [0.25, 0.3) is 0 Å². The molecule has 3 nitrogen and oxygen atoms in total. The van der Waals surface area contributed by atoms with Gasteiger partial charge in [-0.2, -0.15) is 0 Å². The van der Waals surface area contributed by atoms with Crippen LogP contribution in [0.25, 0.3) is 11.0 Å². The Balaban J connectivity index is 2.70. The summed E-state index contributed by atoms with van der Waals surface area (Å²) in [6.45, 7) is -0.290. The van der Waals surface area contributed by atoms with Crippen molar-refractivity contribution < 1.29 is 13.9 Å². The molecule has 1 atom stereocenters. The molecule has 0 saturated heterocycles. The fourth-order valence-corrected chi connectivity index (χ4v) is 1.51. The van der Waals surface area contributed by atoms with E-state index in [0.717, 1.165) is 0 Å². The van der Waals surface area contributed by atoms with Crippen LogP contribution >= 0.6 is 0 Å². The Morgan fingerprint density at radius 2 is 2.21 bits per heavy atom. The van der Waals surface area contributed by atoms with E-state index in [9.17, 15) is 4.39 Å². The molecule has 2 aromatic rings. The van der Waals surface area contributed by atoms with Gasteiger partial charge in [-0.05, 0) is 18.2 Å². The number of aliphatic hydroxyl groups is 1. The van der Waals surface area contributed by atoms with Crippen LogP contribution in [0.2, 0.25) is 0 Å². The topological polar surface area (TPSA) is 59.4 Å². The summed E-state index contributed by atoms with van der Waals surface area (Å²) in [5.41, 5.74) is 6.47. The average Bonchev–Trinajstić information content (AvgIpc) is 2.64. The Bertz CT molecular complexity index is 452. The van der Waals surface area contributed by atoms with Crippen LogP contribution in [0.5, 0.6) is 0 Å². The Labute approximate surface area is 79.9 Å². The summed E-state index contributed by atoms with van der Waals surface area (Å²) in [7, 11) is 0. The number of fused-ring (bicyclic) bond motifs is 1. The van der Waals surface area contributed by atoms with Crippen LogP contribution in [0, 0.1) is 5.82 Å². The van der Waals surface area contributed by atoms with Gasteiger partial charge < -0.3 is 15.3 Å². The minimum atomic E-state index is -0.712. The number of hydrogen-bond donors (Lipinski definition) is 2. The second-order valence-electron chi connectivity index (χ2n) is 3.08. The van der Waals surface area contributed by atoms with Gasteiger partial charge in [-0.3, -0.25) is 0 Å². The molecule has 0 saturated carbocycles. The summed E-state index contributed by atoms with van der Waals surface area (Å²) in [6.07, 6.45) is 1.47. The molecule has 1 heterocycles. The van der Waals surface area contributed by atoms with Crippen molar-refractivity contribution in [3.05, 3.63) is 35.8 Å². The van der Waals surface area contributed by atoms with Gasteiger partial charge in [-0.25, -0.2) is 4.39 Å². The van der Waals surface area contributed by atoms with Crippen LogP contribution in [0.1, 0.15) is 11.6 Å². The van der Waals surface area contributed by atoms with E-state index in [4.69, 9.17) is 15.3 Å². The molecule has 0 aliphatic carbocycles. The summed E-state index contributed by atoms with van der Waals surface area (Å²) in [5, 5.41) is 9.50. The van der Waals surface area contributed by atoms with E-state index in [1.54, 1.807) is 6.07 Å². The van der Waals surface area contributed by atoms with E-state index in [0.29, 0.717) is 16.5 Å². The minimum Gasteiger partial charge on any atom is -0.464 e. The summed E-state index contributed by atoms with van der Waals surface area (Å²) >= 11 is 0. The zero-order valence-corrected chi connectivity index (χ0v) is 7.40. The van der Waals surface area contributed by atoms with Crippen LogP contribution in [0.4, 0.5) is 4.39 Å². The molecule has 1 aromatic heterocycles. The smallest absolute Gasteiger partial charge is 0.134 e. The van der Waals surface area contributed by atoms with Gasteiger partial charge in [0.05, 0.1) is 18.9 Å². The van der Waals surface area contributed by atoms with E-state index >= 15 is 0 Å². The predicted molar refractivity (Wildman–Crippen MR) is 50.2 cm³/mol. The normalized spacial score (nSPS) is 13.4. The van der Waals surface area contributed by atoms with Crippen molar-refractivity contribution in [2.75, 3.05) is 6.61 Å². The van der Waals surface area contributed by atoms with Crippen LogP contribution in [0.15, 0.2) is 28.9 Å². The molecule has 0 spiro atoms.